The lowest BCUT2D eigenvalue weighted by atomic mass is 9.80. The fourth-order valence-electron chi connectivity index (χ4n) is 3.83. The molecule has 4 heteroatoms. The van der Waals surface area contributed by atoms with Gasteiger partial charge in [0.1, 0.15) is 0 Å². The van der Waals surface area contributed by atoms with Crippen LogP contribution >= 0.6 is 0 Å². The zero-order valence-corrected chi connectivity index (χ0v) is 12.7. The second-order valence-corrected chi connectivity index (χ2v) is 7.16. The van der Waals surface area contributed by atoms with Gasteiger partial charge < -0.3 is 10.0 Å². The van der Waals surface area contributed by atoms with Gasteiger partial charge in [-0.05, 0) is 43.4 Å². The van der Waals surface area contributed by atoms with E-state index in [2.05, 4.69) is 13.8 Å². The largest absolute Gasteiger partial charge is 0.481 e. The number of likely N-dealkylation sites (tertiary alicyclic amines) is 1. The highest BCUT2D eigenvalue weighted by Gasteiger charge is 2.41. The lowest BCUT2D eigenvalue weighted by molar-refractivity contribution is -0.140. The van der Waals surface area contributed by atoms with Crippen molar-refractivity contribution in [3.05, 3.63) is 0 Å². The van der Waals surface area contributed by atoms with Gasteiger partial charge in [-0.25, -0.2) is 0 Å². The van der Waals surface area contributed by atoms with Gasteiger partial charge in [-0.15, -0.1) is 0 Å². The number of aliphatic carboxylic acids is 1. The van der Waals surface area contributed by atoms with Crippen LogP contribution in [0.2, 0.25) is 0 Å². The van der Waals surface area contributed by atoms with Crippen LogP contribution < -0.4 is 0 Å². The molecule has 0 bridgehead atoms. The summed E-state index contributed by atoms with van der Waals surface area (Å²) in [5.41, 5.74) is 0.130. The SMILES string of the molecule is CC1(C)CCCC1C(=O)N1CCCC(CCC(=O)O)C1. The molecule has 1 aliphatic heterocycles. The molecule has 1 saturated heterocycles. The van der Waals surface area contributed by atoms with Crippen LogP contribution in [0.4, 0.5) is 0 Å². The van der Waals surface area contributed by atoms with Crippen LogP contribution in [-0.2, 0) is 9.59 Å². The van der Waals surface area contributed by atoms with E-state index in [1.165, 1.54) is 0 Å². The van der Waals surface area contributed by atoms with E-state index in [1.807, 2.05) is 4.90 Å². The first kappa shape index (κ1) is 15.3. The van der Waals surface area contributed by atoms with Gasteiger partial charge in [0, 0.05) is 25.4 Å². The number of carboxylic acids is 1. The summed E-state index contributed by atoms with van der Waals surface area (Å²) in [4.78, 5) is 25.4. The van der Waals surface area contributed by atoms with Crippen molar-refractivity contribution in [3.8, 4) is 0 Å². The maximum Gasteiger partial charge on any atom is 0.303 e. The first-order valence-electron chi connectivity index (χ1n) is 7.91. The minimum absolute atomic E-state index is 0.130. The highest BCUT2D eigenvalue weighted by atomic mass is 16.4. The smallest absolute Gasteiger partial charge is 0.303 e. The zero-order valence-electron chi connectivity index (χ0n) is 12.7. The van der Waals surface area contributed by atoms with Gasteiger partial charge in [0.15, 0.2) is 0 Å². The summed E-state index contributed by atoms with van der Waals surface area (Å²) in [5.74, 6) is 0.118. The standard InChI is InChI=1S/C16H27NO3/c1-16(2)9-3-6-13(16)15(20)17-10-4-5-12(11-17)7-8-14(18)19/h12-13H,3-11H2,1-2H3,(H,18,19). The van der Waals surface area contributed by atoms with E-state index in [0.29, 0.717) is 18.2 Å². The number of carbonyl (C=O) groups excluding carboxylic acids is 1. The van der Waals surface area contributed by atoms with Gasteiger partial charge in [-0.1, -0.05) is 20.3 Å². The maximum atomic E-state index is 12.7. The van der Waals surface area contributed by atoms with Gasteiger partial charge in [-0.2, -0.15) is 0 Å². The summed E-state index contributed by atoms with van der Waals surface area (Å²) in [7, 11) is 0. The van der Waals surface area contributed by atoms with Crippen molar-refractivity contribution >= 4 is 11.9 Å². The van der Waals surface area contributed by atoms with Crippen LogP contribution in [0.25, 0.3) is 0 Å². The number of hydrogen-bond donors (Lipinski definition) is 1. The molecule has 2 atom stereocenters. The normalized spacial score (nSPS) is 29.4. The van der Waals surface area contributed by atoms with Gasteiger partial charge in [-0.3, -0.25) is 9.59 Å². The molecule has 2 unspecified atom stereocenters. The third kappa shape index (κ3) is 3.53. The average molecular weight is 281 g/mol. The Labute approximate surface area is 121 Å². The quantitative estimate of drug-likeness (QED) is 0.862. The Morgan fingerprint density at radius 1 is 1.25 bits per heavy atom. The molecule has 0 aromatic rings. The van der Waals surface area contributed by atoms with Crippen LogP contribution in [0.5, 0.6) is 0 Å². The van der Waals surface area contributed by atoms with Crippen molar-refractivity contribution in [1.82, 2.24) is 4.90 Å². The first-order valence-corrected chi connectivity index (χ1v) is 7.91. The fourth-order valence-corrected chi connectivity index (χ4v) is 3.83. The van der Waals surface area contributed by atoms with Crippen LogP contribution in [0, 0.1) is 17.3 Å². The minimum atomic E-state index is -0.731. The Kier molecular flexibility index (Phi) is 4.71. The minimum Gasteiger partial charge on any atom is -0.481 e. The summed E-state index contributed by atoms with van der Waals surface area (Å²) >= 11 is 0. The number of rotatable bonds is 4. The molecule has 114 valence electrons. The lowest BCUT2D eigenvalue weighted by Crippen LogP contribution is -2.45. The number of nitrogens with zero attached hydrogens (tertiary/aromatic N) is 1. The summed E-state index contributed by atoms with van der Waals surface area (Å²) in [6.45, 7) is 6.02. The molecular formula is C16H27NO3. The second kappa shape index (κ2) is 6.15. The Hall–Kier alpha value is -1.06. The molecule has 2 aliphatic rings. The number of amides is 1. The van der Waals surface area contributed by atoms with Crippen molar-refractivity contribution in [3.63, 3.8) is 0 Å². The second-order valence-electron chi connectivity index (χ2n) is 7.16. The monoisotopic (exact) mass is 281 g/mol. The lowest BCUT2D eigenvalue weighted by Gasteiger charge is -2.37. The molecule has 0 aromatic heterocycles. The first-order chi connectivity index (χ1) is 9.40. The number of hydrogen-bond acceptors (Lipinski definition) is 2. The van der Waals surface area contributed by atoms with Gasteiger partial charge in [0.2, 0.25) is 5.91 Å². The van der Waals surface area contributed by atoms with E-state index in [9.17, 15) is 9.59 Å². The van der Waals surface area contributed by atoms with Crippen molar-refractivity contribution < 1.29 is 14.7 Å². The molecule has 1 heterocycles. The maximum absolute atomic E-state index is 12.7. The third-order valence-electron chi connectivity index (χ3n) is 5.15. The number of carboxylic acid groups (broad SMARTS) is 1. The molecule has 1 saturated carbocycles. The summed E-state index contributed by atoms with van der Waals surface area (Å²) in [5, 5.41) is 8.78. The molecule has 1 aliphatic carbocycles. The number of piperidine rings is 1. The predicted octanol–water partition coefficient (Wildman–Crippen LogP) is 2.92. The van der Waals surface area contributed by atoms with E-state index >= 15 is 0 Å². The molecule has 20 heavy (non-hydrogen) atoms. The molecule has 0 aromatic carbocycles. The van der Waals surface area contributed by atoms with Crippen LogP contribution in [0.15, 0.2) is 0 Å². The zero-order chi connectivity index (χ0) is 14.8. The summed E-state index contributed by atoms with van der Waals surface area (Å²) in [6, 6.07) is 0. The topological polar surface area (TPSA) is 57.6 Å². The van der Waals surface area contributed by atoms with Crippen molar-refractivity contribution in [2.75, 3.05) is 13.1 Å². The van der Waals surface area contributed by atoms with Crippen LogP contribution in [0.3, 0.4) is 0 Å². The van der Waals surface area contributed by atoms with Gasteiger partial charge in [0.05, 0.1) is 0 Å². The summed E-state index contributed by atoms with van der Waals surface area (Å²) in [6.07, 6.45) is 6.31. The Bertz CT molecular complexity index is 378. The van der Waals surface area contributed by atoms with E-state index in [0.717, 1.165) is 45.2 Å². The third-order valence-corrected chi connectivity index (χ3v) is 5.15. The van der Waals surface area contributed by atoms with Crippen LogP contribution in [-0.4, -0.2) is 35.0 Å². The average Bonchev–Trinajstić information content (AvgIpc) is 2.75. The van der Waals surface area contributed by atoms with E-state index in [-0.39, 0.29) is 17.8 Å². The van der Waals surface area contributed by atoms with Crippen molar-refractivity contribution in [2.24, 2.45) is 17.3 Å². The van der Waals surface area contributed by atoms with E-state index < -0.39 is 5.97 Å². The van der Waals surface area contributed by atoms with E-state index in [1.54, 1.807) is 0 Å². The van der Waals surface area contributed by atoms with Crippen molar-refractivity contribution in [1.29, 1.82) is 0 Å². The highest BCUT2D eigenvalue weighted by molar-refractivity contribution is 5.80. The van der Waals surface area contributed by atoms with Gasteiger partial charge >= 0.3 is 5.97 Å². The van der Waals surface area contributed by atoms with Gasteiger partial charge in [0.25, 0.3) is 0 Å². The molecular weight excluding hydrogens is 254 g/mol. The molecule has 4 nitrogen and oxygen atoms in total. The molecule has 1 amide bonds. The fraction of sp³-hybridized carbons (Fsp3) is 0.875. The van der Waals surface area contributed by atoms with Crippen molar-refractivity contribution in [2.45, 2.75) is 58.8 Å². The predicted molar refractivity (Wildman–Crippen MR) is 77.3 cm³/mol. The highest BCUT2D eigenvalue weighted by Crippen LogP contribution is 2.43. The van der Waals surface area contributed by atoms with Crippen LogP contribution in [0.1, 0.15) is 58.8 Å². The molecule has 1 N–H and O–H groups in total. The molecule has 2 rings (SSSR count). The molecule has 2 fully saturated rings. The number of carbonyl (C=O) groups is 2. The molecule has 0 radical (unpaired) electrons. The Balaban J connectivity index is 1.91. The Morgan fingerprint density at radius 3 is 2.60 bits per heavy atom. The van der Waals surface area contributed by atoms with E-state index in [4.69, 9.17) is 5.11 Å². The summed E-state index contributed by atoms with van der Waals surface area (Å²) < 4.78 is 0. The molecule has 0 spiro atoms. The Morgan fingerprint density at radius 2 is 2.00 bits per heavy atom.